The molecule has 0 aliphatic carbocycles. The van der Waals surface area contributed by atoms with Gasteiger partial charge in [0.15, 0.2) is 0 Å². The number of nitrogens with one attached hydrogen (secondary N) is 1. The van der Waals surface area contributed by atoms with Gasteiger partial charge in [-0.25, -0.2) is 14.4 Å². The number of aliphatic imine (C=N–C) groups is 1. The van der Waals surface area contributed by atoms with Crippen molar-refractivity contribution >= 4 is 11.8 Å². The van der Waals surface area contributed by atoms with Crippen molar-refractivity contribution in [2.45, 2.75) is 68.4 Å². The van der Waals surface area contributed by atoms with Crippen LogP contribution in [0.4, 0.5) is 10.3 Å². The number of hydrogen-bond donors (Lipinski definition) is 1. The molecule has 2 heterocycles. The number of amidine groups is 1. The first-order valence-corrected chi connectivity index (χ1v) is 11.9. The van der Waals surface area contributed by atoms with Crippen LogP contribution in [-0.4, -0.2) is 27.4 Å². The van der Waals surface area contributed by atoms with Crippen molar-refractivity contribution in [3.05, 3.63) is 76.1 Å². The predicted molar refractivity (Wildman–Crippen MR) is 143 cm³/mol. The second kappa shape index (κ2) is 16.3. The maximum absolute atomic E-state index is 13.9. The van der Waals surface area contributed by atoms with Crippen LogP contribution in [0.2, 0.25) is 0 Å². The van der Waals surface area contributed by atoms with Gasteiger partial charge in [0.25, 0.3) is 5.56 Å². The first-order chi connectivity index (χ1) is 16.4. The fourth-order valence-corrected chi connectivity index (χ4v) is 2.80. The molecular formula is C27H40FN5O. The van der Waals surface area contributed by atoms with Gasteiger partial charge in [-0.1, -0.05) is 53.7 Å². The van der Waals surface area contributed by atoms with Crippen LogP contribution in [0.25, 0.3) is 11.3 Å². The molecule has 0 saturated carbocycles. The van der Waals surface area contributed by atoms with E-state index in [1.165, 1.54) is 12.1 Å². The first kappa shape index (κ1) is 30.7. The highest BCUT2D eigenvalue weighted by atomic mass is 19.1. The average Bonchev–Trinajstić information content (AvgIpc) is 2.89. The van der Waals surface area contributed by atoms with E-state index in [0.29, 0.717) is 28.6 Å². The van der Waals surface area contributed by atoms with Gasteiger partial charge < -0.3 is 9.88 Å². The Kier molecular flexibility index (Phi) is 14.7. The summed E-state index contributed by atoms with van der Waals surface area (Å²) in [6.45, 7) is 17.4. The van der Waals surface area contributed by atoms with E-state index in [1.807, 2.05) is 67.5 Å². The van der Waals surface area contributed by atoms with E-state index in [4.69, 9.17) is 0 Å². The zero-order valence-electron chi connectivity index (χ0n) is 22.3. The molecule has 186 valence electrons. The summed E-state index contributed by atoms with van der Waals surface area (Å²) in [7, 11) is 1.67. The number of aromatic nitrogens is 3. The fourth-order valence-electron chi connectivity index (χ4n) is 2.80. The number of rotatable bonds is 4. The van der Waals surface area contributed by atoms with Crippen molar-refractivity contribution in [2.24, 2.45) is 4.99 Å². The van der Waals surface area contributed by atoms with Crippen LogP contribution < -0.4 is 10.9 Å². The molecule has 0 fully saturated rings. The number of anilines is 1. The minimum atomic E-state index is -0.289. The number of halogens is 1. The summed E-state index contributed by atoms with van der Waals surface area (Å²) in [5, 5.41) is 2.99. The van der Waals surface area contributed by atoms with E-state index in [-0.39, 0.29) is 17.4 Å². The van der Waals surface area contributed by atoms with Gasteiger partial charge in [-0.3, -0.25) is 9.79 Å². The lowest BCUT2D eigenvalue weighted by Crippen LogP contribution is -2.23. The summed E-state index contributed by atoms with van der Waals surface area (Å²) >= 11 is 0. The molecule has 3 aromatic rings. The molecule has 6 nitrogen and oxygen atoms in total. The van der Waals surface area contributed by atoms with Crippen molar-refractivity contribution in [1.29, 1.82) is 0 Å². The molecule has 3 rings (SSSR count). The molecule has 1 N–H and O–H groups in total. The molecule has 2 aromatic heterocycles. The van der Waals surface area contributed by atoms with Gasteiger partial charge >= 0.3 is 0 Å². The van der Waals surface area contributed by atoms with Gasteiger partial charge in [-0.2, -0.15) is 0 Å². The lowest BCUT2D eigenvalue weighted by atomic mass is 10.1. The van der Waals surface area contributed by atoms with Crippen LogP contribution in [0.3, 0.4) is 0 Å². The SMILES string of the molecule is CC.CC.CC.CN=C(C)Nc1nccc(-c2ccn(C(C)c3ccc(C)c(F)c3)c(=O)c2)n1. The predicted octanol–water partition coefficient (Wildman–Crippen LogP) is 6.90. The van der Waals surface area contributed by atoms with Crippen molar-refractivity contribution in [1.82, 2.24) is 14.5 Å². The van der Waals surface area contributed by atoms with Gasteiger partial charge in [-0.15, -0.1) is 0 Å². The summed E-state index contributed by atoms with van der Waals surface area (Å²) in [6, 6.07) is 9.81. The van der Waals surface area contributed by atoms with E-state index in [1.54, 1.807) is 43.1 Å². The Morgan fingerprint density at radius 3 is 2.26 bits per heavy atom. The normalized spacial score (nSPS) is 11.0. The highest BCUT2D eigenvalue weighted by Gasteiger charge is 2.12. The van der Waals surface area contributed by atoms with Gasteiger partial charge in [0, 0.05) is 31.1 Å². The zero-order valence-corrected chi connectivity index (χ0v) is 22.3. The maximum atomic E-state index is 13.9. The lowest BCUT2D eigenvalue weighted by molar-refractivity contribution is 0.589. The molecule has 1 aromatic carbocycles. The van der Waals surface area contributed by atoms with E-state index in [0.717, 1.165) is 5.56 Å². The lowest BCUT2D eigenvalue weighted by Gasteiger charge is -2.16. The van der Waals surface area contributed by atoms with E-state index >= 15 is 0 Å². The van der Waals surface area contributed by atoms with E-state index in [9.17, 15) is 9.18 Å². The second-order valence-electron chi connectivity index (χ2n) is 6.55. The summed E-state index contributed by atoms with van der Waals surface area (Å²) in [4.78, 5) is 25.3. The van der Waals surface area contributed by atoms with Crippen molar-refractivity contribution < 1.29 is 4.39 Å². The van der Waals surface area contributed by atoms with Gasteiger partial charge in [0.1, 0.15) is 5.82 Å². The van der Waals surface area contributed by atoms with Crippen LogP contribution in [-0.2, 0) is 0 Å². The van der Waals surface area contributed by atoms with Crippen LogP contribution in [0.1, 0.15) is 72.6 Å². The average molecular weight is 470 g/mol. The highest BCUT2D eigenvalue weighted by molar-refractivity contribution is 5.91. The maximum Gasteiger partial charge on any atom is 0.251 e. The monoisotopic (exact) mass is 469 g/mol. The molecule has 0 radical (unpaired) electrons. The van der Waals surface area contributed by atoms with Crippen molar-refractivity contribution in [3.8, 4) is 11.3 Å². The van der Waals surface area contributed by atoms with Crippen molar-refractivity contribution in [2.75, 3.05) is 12.4 Å². The minimum Gasteiger partial charge on any atom is -0.313 e. The molecule has 0 aliphatic rings. The Morgan fingerprint density at radius 2 is 1.71 bits per heavy atom. The molecule has 0 spiro atoms. The Bertz CT molecular complexity index is 1090. The third kappa shape index (κ3) is 8.54. The largest absolute Gasteiger partial charge is 0.313 e. The highest BCUT2D eigenvalue weighted by Crippen LogP contribution is 2.21. The zero-order chi connectivity index (χ0) is 26.3. The molecule has 0 saturated heterocycles. The number of pyridine rings is 1. The van der Waals surface area contributed by atoms with E-state index < -0.39 is 0 Å². The first-order valence-electron chi connectivity index (χ1n) is 11.9. The van der Waals surface area contributed by atoms with Crippen LogP contribution in [0.15, 0.2) is 58.6 Å². The quantitative estimate of drug-likeness (QED) is 0.333. The molecule has 1 unspecified atom stereocenters. The molecule has 7 heteroatoms. The number of nitrogens with zero attached hydrogens (tertiary/aromatic N) is 4. The Labute approximate surface area is 204 Å². The van der Waals surface area contributed by atoms with Gasteiger partial charge in [0.2, 0.25) is 5.95 Å². The summed E-state index contributed by atoms with van der Waals surface area (Å²) in [5.74, 6) is 0.820. The standard InChI is InChI=1S/C21H22FN5O.3C2H6/c1-13-5-6-16(11-18(13)22)14(2)27-10-8-17(12-20(27)28)19-7-9-24-21(26-19)25-15(3)23-4;3*1-2/h5-12,14H,1-4H3,(H,23,24,25,26);3*1-2H3. The van der Waals surface area contributed by atoms with Crippen molar-refractivity contribution in [3.63, 3.8) is 0 Å². The molecule has 0 bridgehead atoms. The fraction of sp³-hybridized carbons (Fsp3) is 0.407. The molecule has 0 amide bonds. The Hall–Kier alpha value is -3.35. The number of aryl methyl sites for hydroxylation is 1. The Balaban J connectivity index is 0.00000168. The van der Waals surface area contributed by atoms with Crippen LogP contribution in [0.5, 0.6) is 0 Å². The summed E-state index contributed by atoms with van der Waals surface area (Å²) in [6.07, 6.45) is 3.32. The van der Waals surface area contributed by atoms with Crippen LogP contribution >= 0.6 is 0 Å². The van der Waals surface area contributed by atoms with E-state index in [2.05, 4.69) is 20.3 Å². The van der Waals surface area contributed by atoms with Gasteiger partial charge in [0.05, 0.1) is 17.6 Å². The third-order valence-corrected chi connectivity index (χ3v) is 4.62. The van der Waals surface area contributed by atoms with Crippen LogP contribution in [0, 0.1) is 12.7 Å². The van der Waals surface area contributed by atoms with Gasteiger partial charge in [-0.05, 0) is 50.1 Å². The molecule has 0 aliphatic heterocycles. The Morgan fingerprint density at radius 1 is 1.06 bits per heavy atom. The molecular weight excluding hydrogens is 429 g/mol. The summed E-state index contributed by atoms with van der Waals surface area (Å²) in [5.41, 5.74) is 2.43. The third-order valence-electron chi connectivity index (χ3n) is 4.62. The minimum absolute atomic E-state index is 0.189. The molecule has 1 atom stereocenters. The molecule has 34 heavy (non-hydrogen) atoms. The number of benzene rings is 1. The second-order valence-corrected chi connectivity index (χ2v) is 6.55. The number of hydrogen-bond acceptors (Lipinski definition) is 4. The summed E-state index contributed by atoms with van der Waals surface area (Å²) < 4.78 is 15.5. The smallest absolute Gasteiger partial charge is 0.251 e. The topological polar surface area (TPSA) is 72.2 Å².